The standard InChI is InChI=1S/C18H18ClFN4O2S/c19-15-6-5-14(24(25)26)11-17(15)21-18(27)23-9-7-22(8-10-23)12-13-3-1-2-4-16(13)20/h1-6,11H,7-10,12H2,(H,21,27)/p+1. The molecule has 0 atom stereocenters. The zero-order valence-corrected chi connectivity index (χ0v) is 16.0. The Hall–Kier alpha value is -2.29. The van der Waals surface area contributed by atoms with E-state index in [0.717, 1.165) is 13.1 Å². The summed E-state index contributed by atoms with van der Waals surface area (Å²) in [6.07, 6.45) is 0. The molecule has 142 valence electrons. The topological polar surface area (TPSA) is 62.9 Å². The number of nitrogens with one attached hydrogen (secondary N) is 2. The second-order valence-corrected chi connectivity index (χ2v) is 7.15. The van der Waals surface area contributed by atoms with E-state index < -0.39 is 4.92 Å². The van der Waals surface area contributed by atoms with Crippen LogP contribution in [0.25, 0.3) is 0 Å². The van der Waals surface area contributed by atoms with E-state index in [1.54, 1.807) is 6.07 Å². The fourth-order valence-electron chi connectivity index (χ4n) is 3.03. The molecular formula is C18H19ClFN4O2S+. The van der Waals surface area contributed by atoms with E-state index in [4.69, 9.17) is 23.8 Å². The number of hydrogen-bond donors (Lipinski definition) is 2. The van der Waals surface area contributed by atoms with E-state index in [1.807, 2.05) is 17.0 Å². The number of nitrogens with zero attached hydrogens (tertiary/aromatic N) is 2. The number of thiocarbonyl (C=S) groups is 1. The molecule has 2 N–H and O–H groups in total. The van der Waals surface area contributed by atoms with Gasteiger partial charge < -0.3 is 15.1 Å². The molecule has 0 spiro atoms. The maximum Gasteiger partial charge on any atom is 0.271 e. The van der Waals surface area contributed by atoms with Crippen LogP contribution in [0, 0.1) is 15.9 Å². The maximum atomic E-state index is 13.8. The third-order valence-corrected chi connectivity index (χ3v) is 5.25. The van der Waals surface area contributed by atoms with Crippen LogP contribution in [0.3, 0.4) is 0 Å². The van der Waals surface area contributed by atoms with Gasteiger partial charge in [0, 0.05) is 17.7 Å². The van der Waals surface area contributed by atoms with E-state index >= 15 is 0 Å². The lowest BCUT2D eigenvalue weighted by Crippen LogP contribution is -3.13. The molecule has 9 heteroatoms. The summed E-state index contributed by atoms with van der Waals surface area (Å²) in [5.74, 6) is -0.176. The van der Waals surface area contributed by atoms with Gasteiger partial charge in [-0.05, 0) is 24.4 Å². The van der Waals surface area contributed by atoms with Gasteiger partial charge in [-0.25, -0.2) is 4.39 Å². The zero-order valence-electron chi connectivity index (χ0n) is 14.5. The van der Waals surface area contributed by atoms with Gasteiger partial charge in [0.2, 0.25) is 0 Å². The molecule has 1 fully saturated rings. The lowest BCUT2D eigenvalue weighted by Gasteiger charge is -2.34. The van der Waals surface area contributed by atoms with Crippen molar-refractivity contribution in [1.29, 1.82) is 0 Å². The number of hydrogen-bond acceptors (Lipinski definition) is 3. The third-order valence-electron chi connectivity index (χ3n) is 4.56. The Labute approximate surface area is 166 Å². The van der Waals surface area contributed by atoms with Crippen LogP contribution in [-0.2, 0) is 6.54 Å². The average Bonchev–Trinajstić information content (AvgIpc) is 2.65. The number of piperazine rings is 1. The summed E-state index contributed by atoms with van der Waals surface area (Å²) in [5.41, 5.74) is 1.07. The molecule has 2 aromatic rings. The van der Waals surface area contributed by atoms with Crippen LogP contribution in [0.15, 0.2) is 42.5 Å². The largest absolute Gasteiger partial charge is 0.338 e. The van der Waals surface area contributed by atoms with Gasteiger partial charge in [0.15, 0.2) is 5.11 Å². The molecule has 0 amide bonds. The van der Waals surface area contributed by atoms with Gasteiger partial charge in [-0.2, -0.15) is 0 Å². The summed E-state index contributed by atoms with van der Waals surface area (Å²) < 4.78 is 13.8. The van der Waals surface area contributed by atoms with Gasteiger partial charge in [-0.1, -0.05) is 29.8 Å². The minimum absolute atomic E-state index is 0.0520. The van der Waals surface area contributed by atoms with E-state index in [1.165, 1.54) is 29.2 Å². The summed E-state index contributed by atoms with van der Waals surface area (Å²) in [7, 11) is 0. The SMILES string of the molecule is O=[N+]([O-])c1ccc(Cl)c(NC(=S)N2CC[NH+](Cc3ccccc3F)CC2)c1. The maximum absolute atomic E-state index is 13.8. The predicted molar refractivity (Wildman–Crippen MR) is 107 cm³/mol. The van der Waals surface area contributed by atoms with Gasteiger partial charge in [-0.3, -0.25) is 10.1 Å². The Bertz CT molecular complexity index is 859. The van der Waals surface area contributed by atoms with Crippen molar-refractivity contribution in [2.24, 2.45) is 0 Å². The minimum Gasteiger partial charge on any atom is -0.338 e. The van der Waals surface area contributed by atoms with Crippen LogP contribution in [-0.4, -0.2) is 41.1 Å². The van der Waals surface area contributed by atoms with Crippen molar-refractivity contribution >= 4 is 40.3 Å². The summed E-state index contributed by atoms with van der Waals surface area (Å²) in [4.78, 5) is 13.7. The lowest BCUT2D eigenvalue weighted by molar-refractivity contribution is -0.917. The van der Waals surface area contributed by atoms with Crippen molar-refractivity contribution < 1.29 is 14.2 Å². The molecule has 0 radical (unpaired) electrons. The smallest absolute Gasteiger partial charge is 0.271 e. The number of nitro groups is 1. The molecule has 1 aliphatic heterocycles. The van der Waals surface area contributed by atoms with Gasteiger partial charge in [0.1, 0.15) is 12.4 Å². The van der Waals surface area contributed by atoms with Crippen molar-refractivity contribution in [1.82, 2.24) is 4.90 Å². The van der Waals surface area contributed by atoms with Crippen LogP contribution in [0.5, 0.6) is 0 Å². The summed E-state index contributed by atoms with van der Waals surface area (Å²) in [6.45, 7) is 3.69. The molecule has 3 rings (SSSR count). The number of rotatable bonds is 4. The van der Waals surface area contributed by atoms with E-state index in [2.05, 4.69) is 5.32 Å². The quantitative estimate of drug-likeness (QED) is 0.461. The monoisotopic (exact) mass is 409 g/mol. The molecule has 0 saturated carbocycles. The van der Waals surface area contributed by atoms with E-state index in [-0.39, 0.29) is 11.5 Å². The third kappa shape index (κ3) is 4.91. The highest BCUT2D eigenvalue weighted by Crippen LogP contribution is 2.27. The van der Waals surface area contributed by atoms with Crippen LogP contribution in [0.1, 0.15) is 5.56 Å². The van der Waals surface area contributed by atoms with Crippen molar-refractivity contribution in [3.05, 3.63) is 69.0 Å². The zero-order chi connectivity index (χ0) is 19.4. The summed E-state index contributed by atoms with van der Waals surface area (Å²) >= 11 is 11.5. The highest BCUT2D eigenvalue weighted by Gasteiger charge is 2.23. The Kier molecular flexibility index (Phi) is 6.20. The number of quaternary nitrogens is 1. The Morgan fingerprint density at radius 3 is 2.67 bits per heavy atom. The van der Waals surface area contributed by atoms with Crippen molar-refractivity contribution in [3.8, 4) is 0 Å². The highest BCUT2D eigenvalue weighted by atomic mass is 35.5. The summed E-state index contributed by atoms with van der Waals surface area (Å²) in [5, 5.41) is 14.8. The van der Waals surface area contributed by atoms with Gasteiger partial charge in [-0.15, -0.1) is 0 Å². The first-order chi connectivity index (χ1) is 12.9. The molecule has 1 aliphatic rings. The van der Waals surface area contributed by atoms with Crippen molar-refractivity contribution in [2.45, 2.75) is 6.54 Å². The number of non-ortho nitro benzene ring substituents is 1. The molecule has 0 bridgehead atoms. The fourth-order valence-corrected chi connectivity index (χ4v) is 3.49. The second-order valence-electron chi connectivity index (χ2n) is 6.36. The first-order valence-corrected chi connectivity index (χ1v) is 9.29. The average molecular weight is 410 g/mol. The van der Waals surface area contributed by atoms with Crippen LogP contribution in [0.4, 0.5) is 15.8 Å². The molecule has 0 aliphatic carbocycles. The number of benzene rings is 2. The fraction of sp³-hybridized carbons (Fsp3) is 0.278. The van der Waals surface area contributed by atoms with Gasteiger partial charge in [0.05, 0.1) is 41.8 Å². The predicted octanol–water partition coefficient (Wildman–Crippen LogP) is 2.48. The molecule has 2 aromatic carbocycles. The Balaban J connectivity index is 1.57. The molecule has 6 nitrogen and oxygen atoms in total. The Morgan fingerprint density at radius 2 is 2.00 bits per heavy atom. The minimum atomic E-state index is -0.477. The van der Waals surface area contributed by atoms with Crippen LogP contribution >= 0.6 is 23.8 Å². The first-order valence-electron chi connectivity index (χ1n) is 8.51. The number of anilines is 1. The van der Waals surface area contributed by atoms with Gasteiger partial charge in [0.25, 0.3) is 5.69 Å². The number of nitro benzene ring substituents is 1. The molecule has 1 saturated heterocycles. The number of halogens is 2. The summed E-state index contributed by atoms with van der Waals surface area (Å²) in [6, 6.07) is 11.0. The lowest BCUT2D eigenvalue weighted by atomic mass is 10.2. The normalized spacial score (nSPS) is 14.8. The van der Waals surface area contributed by atoms with Gasteiger partial charge >= 0.3 is 0 Å². The van der Waals surface area contributed by atoms with Crippen molar-refractivity contribution in [3.63, 3.8) is 0 Å². The van der Waals surface area contributed by atoms with Crippen molar-refractivity contribution in [2.75, 3.05) is 31.5 Å². The van der Waals surface area contributed by atoms with E-state index in [9.17, 15) is 14.5 Å². The Morgan fingerprint density at radius 1 is 1.30 bits per heavy atom. The molecule has 0 aromatic heterocycles. The van der Waals surface area contributed by atoms with E-state index in [0.29, 0.717) is 41.0 Å². The molecule has 1 heterocycles. The highest BCUT2D eigenvalue weighted by molar-refractivity contribution is 7.80. The molecular weight excluding hydrogens is 391 g/mol. The first kappa shape index (κ1) is 19.5. The molecule has 27 heavy (non-hydrogen) atoms. The molecule has 0 unspecified atom stereocenters. The second kappa shape index (κ2) is 8.60. The van der Waals surface area contributed by atoms with Crippen LogP contribution < -0.4 is 10.2 Å². The van der Waals surface area contributed by atoms with Crippen LogP contribution in [0.2, 0.25) is 5.02 Å².